The second-order valence-electron chi connectivity index (χ2n) is 4.87. The lowest BCUT2D eigenvalue weighted by atomic mass is 9.99. The molecule has 0 spiro atoms. The third-order valence-electron chi connectivity index (χ3n) is 3.80. The standard InChI is InChI=1S/C13H17N/c1-9(2)14-8-10-7-13(14)12-6-4-3-5-11(10)12/h3-6,9-10,13H,7-8H2,1-2H3/t10-,13-/m1/s1. The van der Waals surface area contributed by atoms with Gasteiger partial charge in [-0.15, -0.1) is 0 Å². The highest BCUT2D eigenvalue weighted by atomic mass is 15.2. The van der Waals surface area contributed by atoms with Crippen molar-refractivity contribution < 1.29 is 0 Å². The van der Waals surface area contributed by atoms with Crippen LogP contribution >= 0.6 is 0 Å². The highest BCUT2D eigenvalue weighted by Gasteiger charge is 2.42. The minimum Gasteiger partial charge on any atom is -0.293 e. The first-order valence-corrected chi connectivity index (χ1v) is 5.62. The molecule has 74 valence electrons. The monoisotopic (exact) mass is 187 g/mol. The molecular formula is C13H17N. The van der Waals surface area contributed by atoms with Crippen molar-refractivity contribution in [1.29, 1.82) is 0 Å². The Bertz CT molecular complexity index is 356. The molecule has 1 nitrogen and oxygen atoms in total. The molecule has 1 aromatic carbocycles. The van der Waals surface area contributed by atoms with Gasteiger partial charge in [-0.05, 0) is 37.3 Å². The lowest BCUT2D eigenvalue weighted by Gasteiger charge is -2.32. The van der Waals surface area contributed by atoms with Gasteiger partial charge in [-0.3, -0.25) is 4.90 Å². The van der Waals surface area contributed by atoms with Crippen molar-refractivity contribution in [3.63, 3.8) is 0 Å². The van der Waals surface area contributed by atoms with E-state index in [-0.39, 0.29) is 0 Å². The van der Waals surface area contributed by atoms with Gasteiger partial charge in [0.15, 0.2) is 0 Å². The minimum atomic E-state index is 0.693. The van der Waals surface area contributed by atoms with Gasteiger partial charge in [-0.1, -0.05) is 24.3 Å². The number of nitrogens with zero attached hydrogens (tertiary/aromatic N) is 1. The van der Waals surface area contributed by atoms with E-state index in [0.29, 0.717) is 6.04 Å². The predicted molar refractivity (Wildman–Crippen MR) is 58.4 cm³/mol. The Balaban J connectivity index is 2.02. The SMILES string of the molecule is CC(C)N1C[C@H]2C[C@@H]1c1ccccc12. The van der Waals surface area contributed by atoms with E-state index in [1.807, 2.05) is 0 Å². The Morgan fingerprint density at radius 1 is 1.21 bits per heavy atom. The highest BCUT2D eigenvalue weighted by molar-refractivity contribution is 5.41. The van der Waals surface area contributed by atoms with Crippen LogP contribution in [-0.2, 0) is 0 Å². The normalized spacial score (nSPS) is 29.9. The fourth-order valence-corrected chi connectivity index (χ4v) is 3.15. The summed E-state index contributed by atoms with van der Waals surface area (Å²) in [4.78, 5) is 2.65. The third kappa shape index (κ3) is 0.992. The molecule has 3 rings (SSSR count). The molecule has 1 aromatic rings. The molecule has 1 saturated heterocycles. The Hall–Kier alpha value is -0.820. The fraction of sp³-hybridized carbons (Fsp3) is 0.538. The van der Waals surface area contributed by atoms with Crippen LogP contribution in [-0.4, -0.2) is 17.5 Å². The molecule has 0 saturated carbocycles. The lowest BCUT2D eigenvalue weighted by molar-refractivity contribution is 0.198. The average Bonchev–Trinajstić information content (AvgIpc) is 2.75. The van der Waals surface area contributed by atoms with Crippen molar-refractivity contribution in [3.05, 3.63) is 35.4 Å². The van der Waals surface area contributed by atoms with Gasteiger partial charge in [0, 0.05) is 18.6 Å². The van der Waals surface area contributed by atoms with Gasteiger partial charge in [-0.2, -0.15) is 0 Å². The smallest absolute Gasteiger partial charge is 0.0360 e. The predicted octanol–water partition coefficient (Wildman–Crippen LogP) is 2.94. The van der Waals surface area contributed by atoms with Crippen molar-refractivity contribution in [2.75, 3.05) is 6.54 Å². The molecule has 0 aromatic heterocycles. The molecule has 0 N–H and O–H groups in total. The number of hydrogen-bond donors (Lipinski definition) is 0. The van der Waals surface area contributed by atoms with Crippen molar-refractivity contribution in [1.82, 2.24) is 4.90 Å². The number of likely N-dealkylation sites (tertiary alicyclic amines) is 1. The summed E-state index contributed by atoms with van der Waals surface area (Å²) in [7, 11) is 0. The Morgan fingerprint density at radius 2 is 1.93 bits per heavy atom. The van der Waals surface area contributed by atoms with Crippen LogP contribution in [0.3, 0.4) is 0 Å². The number of hydrogen-bond acceptors (Lipinski definition) is 1. The quantitative estimate of drug-likeness (QED) is 0.653. The zero-order chi connectivity index (χ0) is 9.71. The third-order valence-corrected chi connectivity index (χ3v) is 3.80. The Labute approximate surface area is 85.7 Å². The van der Waals surface area contributed by atoms with Crippen LogP contribution in [0.25, 0.3) is 0 Å². The van der Waals surface area contributed by atoms with Gasteiger partial charge < -0.3 is 0 Å². The van der Waals surface area contributed by atoms with Crippen molar-refractivity contribution in [2.45, 2.75) is 38.3 Å². The second-order valence-corrected chi connectivity index (χ2v) is 4.87. The van der Waals surface area contributed by atoms with Crippen LogP contribution in [0.2, 0.25) is 0 Å². The van der Waals surface area contributed by atoms with Crippen LogP contribution in [0.4, 0.5) is 0 Å². The summed E-state index contributed by atoms with van der Waals surface area (Å²) in [6.45, 7) is 5.89. The molecule has 14 heavy (non-hydrogen) atoms. The first-order chi connectivity index (χ1) is 6.77. The van der Waals surface area contributed by atoms with Gasteiger partial charge in [-0.25, -0.2) is 0 Å². The Morgan fingerprint density at radius 3 is 2.64 bits per heavy atom. The van der Waals surface area contributed by atoms with E-state index in [1.54, 1.807) is 11.1 Å². The molecule has 0 amide bonds. The van der Waals surface area contributed by atoms with E-state index >= 15 is 0 Å². The van der Waals surface area contributed by atoms with Gasteiger partial charge in [0.2, 0.25) is 0 Å². The zero-order valence-electron chi connectivity index (χ0n) is 8.90. The molecule has 0 unspecified atom stereocenters. The first-order valence-electron chi connectivity index (χ1n) is 5.62. The van der Waals surface area contributed by atoms with Crippen molar-refractivity contribution in [3.8, 4) is 0 Å². The average molecular weight is 187 g/mol. The van der Waals surface area contributed by atoms with Gasteiger partial charge in [0.05, 0.1) is 0 Å². The van der Waals surface area contributed by atoms with Crippen molar-refractivity contribution >= 4 is 0 Å². The van der Waals surface area contributed by atoms with E-state index in [9.17, 15) is 0 Å². The molecule has 0 radical (unpaired) electrons. The maximum atomic E-state index is 2.65. The number of fused-ring (bicyclic) bond motifs is 5. The molecule has 1 heteroatoms. The maximum absolute atomic E-state index is 2.65. The highest BCUT2D eigenvalue weighted by Crippen LogP contribution is 2.50. The van der Waals surface area contributed by atoms with Crippen molar-refractivity contribution in [2.24, 2.45) is 0 Å². The first kappa shape index (κ1) is 8.49. The van der Waals surface area contributed by atoms with E-state index in [2.05, 4.69) is 43.0 Å². The second kappa shape index (κ2) is 2.83. The van der Waals surface area contributed by atoms with Crippen LogP contribution in [0.5, 0.6) is 0 Å². The zero-order valence-corrected chi connectivity index (χ0v) is 8.90. The van der Waals surface area contributed by atoms with Crippen LogP contribution < -0.4 is 0 Å². The molecule has 1 fully saturated rings. The van der Waals surface area contributed by atoms with Crippen LogP contribution in [0.15, 0.2) is 24.3 Å². The summed E-state index contributed by atoms with van der Waals surface area (Å²) in [5.41, 5.74) is 3.21. The summed E-state index contributed by atoms with van der Waals surface area (Å²) in [6.07, 6.45) is 1.36. The topological polar surface area (TPSA) is 3.24 Å². The minimum absolute atomic E-state index is 0.693. The van der Waals surface area contributed by atoms with Crippen LogP contribution in [0, 0.1) is 0 Å². The molecular weight excluding hydrogens is 170 g/mol. The molecule has 1 heterocycles. The summed E-state index contributed by atoms with van der Waals surface area (Å²) < 4.78 is 0. The Kier molecular flexibility index (Phi) is 1.72. The summed E-state index contributed by atoms with van der Waals surface area (Å²) in [6, 6.07) is 10.4. The van der Waals surface area contributed by atoms with E-state index in [0.717, 1.165) is 12.0 Å². The summed E-state index contributed by atoms with van der Waals surface area (Å²) in [5, 5.41) is 0. The van der Waals surface area contributed by atoms with E-state index < -0.39 is 0 Å². The van der Waals surface area contributed by atoms with E-state index in [4.69, 9.17) is 0 Å². The summed E-state index contributed by atoms with van der Waals surface area (Å²) in [5.74, 6) is 0.818. The van der Waals surface area contributed by atoms with E-state index in [1.165, 1.54) is 13.0 Å². The van der Waals surface area contributed by atoms with Gasteiger partial charge in [0.25, 0.3) is 0 Å². The fourth-order valence-electron chi connectivity index (χ4n) is 3.15. The molecule has 2 bridgehead atoms. The maximum Gasteiger partial charge on any atom is 0.0360 e. The molecule has 1 aliphatic carbocycles. The number of benzene rings is 1. The van der Waals surface area contributed by atoms with Gasteiger partial charge >= 0.3 is 0 Å². The molecule has 2 aliphatic rings. The molecule has 2 atom stereocenters. The largest absolute Gasteiger partial charge is 0.293 e. The lowest BCUT2D eigenvalue weighted by Crippen LogP contribution is -2.33. The van der Waals surface area contributed by atoms with Crippen LogP contribution in [0.1, 0.15) is 43.4 Å². The summed E-state index contributed by atoms with van der Waals surface area (Å²) >= 11 is 0. The molecule has 1 aliphatic heterocycles. The number of rotatable bonds is 1. The van der Waals surface area contributed by atoms with Gasteiger partial charge in [0.1, 0.15) is 0 Å².